The highest BCUT2D eigenvalue weighted by molar-refractivity contribution is 8.00. The molecule has 6 heteroatoms. The zero-order valence-electron chi connectivity index (χ0n) is 32.7. The summed E-state index contributed by atoms with van der Waals surface area (Å²) in [5.41, 5.74) is 15.8. The van der Waals surface area contributed by atoms with Gasteiger partial charge in [0, 0.05) is 26.9 Å². The molecule has 58 heavy (non-hydrogen) atoms. The van der Waals surface area contributed by atoms with Crippen molar-refractivity contribution in [2.75, 3.05) is 4.90 Å². The normalized spacial score (nSPS) is 13.2. The Hall–Kier alpha value is -6.25. The summed E-state index contributed by atoms with van der Waals surface area (Å²) in [5.74, 6) is 0. The van der Waals surface area contributed by atoms with Gasteiger partial charge in [0.05, 0.1) is 11.6 Å². The largest absolute Gasteiger partial charge is 0.312 e. The van der Waals surface area contributed by atoms with Gasteiger partial charge in [0.15, 0.2) is 8.07 Å². The molecular formula is C52H38B2N2SSi. The third-order valence-electron chi connectivity index (χ3n) is 12.8. The molecule has 0 radical (unpaired) electrons. The maximum absolute atomic E-state index is 10.8. The van der Waals surface area contributed by atoms with E-state index in [1.165, 1.54) is 97.1 Å². The summed E-state index contributed by atoms with van der Waals surface area (Å²) in [7, 11) is -2.87. The Morgan fingerprint density at radius 1 is 0.483 bits per heavy atom. The van der Waals surface area contributed by atoms with Crippen LogP contribution >= 0.6 is 11.8 Å². The maximum Gasteiger partial charge on any atom is 0.249 e. The van der Waals surface area contributed by atoms with Crippen molar-refractivity contribution in [3.8, 4) is 6.07 Å². The van der Waals surface area contributed by atoms with Crippen molar-refractivity contribution in [3.05, 3.63) is 198 Å². The van der Waals surface area contributed by atoms with E-state index < -0.39 is 8.07 Å². The van der Waals surface area contributed by atoms with Gasteiger partial charge in [0.25, 0.3) is 0 Å². The number of nitrogens with zero attached hydrogens (tertiary/aromatic N) is 2. The van der Waals surface area contributed by atoms with Crippen LogP contribution < -0.4 is 58.4 Å². The average molecular weight is 773 g/mol. The van der Waals surface area contributed by atoms with Crippen LogP contribution in [0.4, 0.5) is 17.1 Å². The van der Waals surface area contributed by atoms with Crippen molar-refractivity contribution in [2.45, 2.75) is 30.6 Å². The first-order chi connectivity index (χ1) is 28.5. The topological polar surface area (TPSA) is 27.0 Å². The molecule has 11 rings (SSSR count). The van der Waals surface area contributed by atoms with Crippen molar-refractivity contribution < 1.29 is 0 Å². The Morgan fingerprint density at radius 2 is 1.03 bits per heavy atom. The van der Waals surface area contributed by atoms with E-state index in [1.54, 1.807) is 0 Å². The van der Waals surface area contributed by atoms with Crippen molar-refractivity contribution in [2.24, 2.45) is 0 Å². The second-order valence-electron chi connectivity index (χ2n) is 16.1. The zero-order valence-corrected chi connectivity index (χ0v) is 34.5. The number of aryl methyl sites for hydroxylation is 3. The minimum Gasteiger partial charge on any atom is -0.312 e. The molecule has 0 unspecified atom stereocenters. The molecule has 0 atom stereocenters. The van der Waals surface area contributed by atoms with Crippen molar-refractivity contribution in [1.82, 2.24) is 0 Å². The van der Waals surface area contributed by atoms with Gasteiger partial charge in [-0.15, -0.1) is 0 Å². The monoisotopic (exact) mass is 772 g/mol. The minimum atomic E-state index is -2.87. The number of anilines is 3. The smallest absolute Gasteiger partial charge is 0.249 e. The lowest BCUT2D eigenvalue weighted by Gasteiger charge is -2.46. The van der Waals surface area contributed by atoms with Crippen LogP contribution in [0.5, 0.6) is 0 Å². The molecule has 272 valence electrons. The van der Waals surface area contributed by atoms with E-state index in [1.807, 2.05) is 11.8 Å². The molecule has 0 fully saturated rings. The molecule has 3 aliphatic heterocycles. The van der Waals surface area contributed by atoms with Crippen molar-refractivity contribution in [1.29, 1.82) is 5.26 Å². The third kappa shape index (κ3) is 5.00. The lowest BCUT2D eigenvalue weighted by molar-refractivity contribution is 1.27. The SMILES string of the molecule is Cc1cc(C)c(B2c3cc([Si](c4ccccc4)(c4ccccc4)c4ccccc4)ccc3N3c4cccc5c4B(c4ccccc4S5)c4cc(C#N)cc2c43)c(C)c1. The van der Waals surface area contributed by atoms with E-state index in [-0.39, 0.29) is 13.4 Å². The molecule has 0 amide bonds. The molecule has 0 aliphatic carbocycles. The minimum absolute atomic E-state index is 0.0259. The number of fused-ring (bicyclic) bond motifs is 6. The Kier molecular flexibility index (Phi) is 8.09. The third-order valence-corrected chi connectivity index (χ3v) is 18.8. The van der Waals surface area contributed by atoms with Gasteiger partial charge < -0.3 is 4.90 Å². The van der Waals surface area contributed by atoms with Gasteiger partial charge in [0.2, 0.25) is 13.4 Å². The van der Waals surface area contributed by atoms with Gasteiger partial charge in [-0.1, -0.05) is 179 Å². The van der Waals surface area contributed by atoms with Crippen LogP contribution in [0.2, 0.25) is 0 Å². The summed E-state index contributed by atoms with van der Waals surface area (Å²) in [5, 5.41) is 16.2. The van der Waals surface area contributed by atoms with Crippen LogP contribution in [-0.4, -0.2) is 21.5 Å². The first kappa shape index (κ1) is 35.0. The summed E-state index contributed by atoms with van der Waals surface area (Å²) in [4.78, 5) is 5.12. The molecule has 2 nitrogen and oxygen atoms in total. The number of hydrogen-bond acceptors (Lipinski definition) is 3. The van der Waals surface area contributed by atoms with E-state index in [0.717, 1.165) is 0 Å². The van der Waals surface area contributed by atoms with E-state index in [9.17, 15) is 5.26 Å². The molecule has 0 spiro atoms. The molecule has 0 aromatic heterocycles. The van der Waals surface area contributed by atoms with Crippen LogP contribution in [0.1, 0.15) is 22.3 Å². The Balaban J connectivity index is 1.28. The highest BCUT2D eigenvalue weighted by Gasteiger charge is 2.48. The highest BCUT2D eigenvalue weighted by atomic mass is 32.2. The number of rotatable bonds is 5. The fourth-order valence-electron chi connectivity index (χ4n) is 10.7. The summed E-state index contributed by atoms with van der Waals surface area (Å²) < 4.78 is 0. The van der Waals surface area contributed by atoms with Crippen LogP contribution in [0, 0.1) is 32.1 Å². The molecule has 8 aromatic carbocycles. The number of benzene rings is 8. The number of nitriles is 1. The Bertz CT molecular complexity index is 2880. The van der Waals surface area contributed by atoms with Crippen LogP contribution in [0.25, 0.3) is 0 Å². The fourth-order valence-corrected chi connectivity index (χ4v) is 16.7. The summed E-state index contributed by atoms with van der Waals surface area (Å²) in [6.45, 7) is 6.68. The van der Waals surface area contributed by atoms with Crippen LogP contribution in [0.3, 0.4) is 0 Å². The van der Waals surface area contributed by atoms with Gasteiger partial charge in [-0.3, -0.25) is 0 Å². The molecule has 0 bridgehead atoms. The molecule has 3 aliphatic rings. The second kappa shape index (κ2) is 13.4. The molecular weight excluding hydrogens is 734 g/mol. The average Bonchev–Trinajstić information content (AvgIpc) is 3.26. The summed E-state index contributed by atoms with van der Waals surface area (Å²) >= 11 is 1.87. The Labute approximate surface area is 347 Å². The van der Waals surface area contributed by atoms with Gasteiger partial charge in [0.1, 0.15) is 0 Å². The molecule has 0 saturated carbocycles. The Morgan fingerprint density at radius 3 is 1.64 bits per heavy atom. The lowest BCUT2D eigenvalue weighted by atomic mass is 9.29. The molecule has 8 aromatic rings. The van der Waals surface area contributed by atoms with Crippen LogP contribution in [-0.2, 0) is 0 Å². The van der Waals surface area contributed by atoms with Crippen molar-refractivity contribution >= 4 is 104 Å². The van der Waals surface area contributed by atoms with E-state index >= 15 is 0 Å². The summed E-state index contributed by atoms with van der Waals surface area (Å²) in [6.07, 6.45) is 0. The van der Waals surface area contributed by atoms with Gasteiger partial charge in [-0.2, -0.15) is 5.26 Å². The molecule has 3 heterocycles. The molecule has 0 saturated heterocycles. The van der Waals surface area contributed by atoms with E-state index in [0.29, 0.717) is 5.56 Å². The van der Waals surface area contributed by atoms with Crippen molar-refractivity contribution in [3.63, 3.8) is 0 Å². The predicted molar refractivity (Wildman–Crippen MR) is 250 cm³/mol. The quantitative estimate of drug-likeness (QED) is 0.172. The standard InChI is InChI=1S/C52H38B2N2SSi/c1-34-28-35(2)50(36(3)29-34)54-43-32-41(58(38-16-7-4-8-17-38,39-18-9-5-10-19-39)40-20-11-6-12-21-40)26-27-46(43)56-47-23-15-25-49-51(47)53(42-22-13-14-24-48(42)57-49)44-30-37(33-55)31-45(54)52(44)56/h4-32H,1-3H3. The zero-order chi connectivity index (χ0) is 39.1. The molecule has 0 N–H and O–H groups in total. The maximum atomic E-state index is 10.8. The van der Waals surface area contributed by atoms with E-state index in [2.05, 4.69) is 208 Å². The predicted octanol–water partition coefficient (Wildman–Crippen LogP) is 5.45. The van der Waals surface area contributed by atoms with Gasteiger partial charge >= 0.3 is 0 Å². The van der Waals surface area contributed by atoms with Gasteiger partial charge in [-0.05, 0) is 99.8 Å². The van der Waals surface area contributed by atoms with Crippen LogP contribution in [0.15, 0.2) is 186 Å². The first-order valence-corrected chi connectivity index (χ1v) is 23.0. The lowest BCUT2D eigenvalue weighted by Crippen LogP contribution is -2.75. The second-order valence-corrected chi connectivity index (χ2v) is 21.0. The van der Waals surface area contributed by atoms with E-state index in [4.69, 9.17) is 0 Å². The number of hydrogen-bond donors (Lipinski definition) is 0. The first-order valence-electron chi connectivity index (χ1n) is 20.1. The summed E-state index contributed by atoms with van der Waals surface area (Å²) in [6, 6.07) is 68.5. The fraction of sp³-hybridized carbons (Fsp3) is 0.0577. The van der Waals surface area contributed by atoms with Gasteiger partial charge in [-0.25, -0.2) is 0 Å². The highest BCUT2D eigenvalue weighted by Crippen LogP contribution is 2.42.